The first kappa shape index (κ1) is 11.1. The highest BCUT2D eigenvalue weighted by atomic mass is 32.2. The number of carbonyl (C=O) groups excluding carboxylic acids is 1. The molecule has 0 aliphatic carbocycles. The van der Waals surface area contributed by atoms with Crippen molar-refractivity contribution in [2.75, 3.05) is 13.1 Å². The predicted molar refractivity (Wildman–Crippen MR) is 58.1 cm³/mol. The monoisotopic (exact) mass is 240 g/mol. The van der Waals surface area contributed by atoms with E-state index in [4.69, 9.17) is 0 Å². The van der Waals surface area contributed by atoms with Crippen LogP contribution in [-0.2, 0) is 14.8 Å². The largest absolute Gasteiger partial charge is 0.315 e. The molecule has 6 heteroatoms. The van der Waals surface area contributed by atoms with Crippen molar-refractivity contribution in [1.29, 1.82) is 0 Å². The molecule has 16 heavy (non-hydrogen) atoms. The van der Waals surface area contributed by atoms with Crippen LogP contribution >= 0.6 is 0 Å². The van der Waals surface area contributed by atoms with Crippen molar-refractivity contribution in [3.63, 3.8) is 0 Å². The lowest BCUT2D eigenvalue weighted by Crippen LogP contribution is -2.51. The summed E-state index contributed by atoms with van der Waals surface area (Å²) in [5, 5.41) is 2.91. The van der Waals surface area contributed by atoms with E-state index < -0.39 is 15.9 Å². The molecule has 0 saturated carbocycles. The van der Waals surface area contributed by atoms with Gasteiger partial charge in [-0.3, -0.25) is 4.79 Å². The second-order valence-corrected chi connectivity index (χ2v) is 5.32. The van der Waals surface area contributed by atoms with Gasteiger partial charge in [-0.1, -0.05) is 18.2 Å². The number of nitrogens with one attached hydrogen (secondary N) is 2. The molecule has 0 radical (unpaired) electrons. The van der Waals surface area contributed by atoms with Crippen LogP contribution in [0.15, 0.2) is 35.2 Å². The van der Waals surface area contributed by atoms with Crippen molar-refractivity contribution in [2.45, 2.75) is 4.90 Å². The van der Waals surface area contributed by atoms with Gasteiger partial charge in [-0.15, -0.1) is 0 Å². The number of rotatable bonds is 3. The van der Waals surface area contributed by atoms with Crippen molar-refractivity contribution in [2.24, 2.45) is 5.92 Å². The standard InChI is InChI=1S/C10H12N2O3S/c13-10(8-6-11-7-8)12-16(14,15)9-4-2-1-3-5-9/h1-5,8,11H,6-7H2,(H,12,13). The molecule has 1 saturated heterocycles. The second kappa shape index (κ2) is 4.23. The van der Waals surface area contributed by atoms with Crippen LogP contribution in [0.1, 0.15) is 0 Å². The Kier molecular flexibility index (Phi) is 2.93. The molecular formula is C10H12N2O3S. The van der Waals surface area contributed by atoms with Crippen LogP contribution in [-0.4, -0.2) is 27.4 Å². The summed E-state index contributed by atoms with van der Waals surface area (Å²) in [7, 11) is -3.71. The topological polar surface area (TPSA) is 75.3 Å². The molecule has 1 fully saturated rings. The fourth-order valence-corrected chi connectivity index (χ4v) is 2.41. The molecular weight excluding hydrogens is 228 g/mol. The summed E-state index contributed by atoms with van der Waals surface area (Å²) in [6.45, 7) is 1.08. The normalized spacial score (nSPS) is 16.5. The Morgan fingerprint density at radius 1 is 1.25 bits per heavy atom. The fourth-order valence-electron chi connectivity index (χ4n) is 1.35. The summed E-state index contributed by atoms with van der Waals surface area (Å²) in [5.41, 5.74) is 0. The van der Waals surface area contributed by atoms with E-state index >= 15 is 0 Å². The maximum atomic E-state index is 11.7. The van der Waals surface area contributed by atoms with Crippen LogP contribution in [0.3, 0.4) is 0 Å². The molecule has 0 aromatic heterocycles. The molecule has 1 aliphatic rings. The summed E-state index contributed by atoms with van der Waals surface area (Å²) in [6, 6.07) is 7.86. The SMILES string of the molecule is O=C(NS(=O)(=O)c1ccccc1)C1CNC1. The third kappa shape index (κ3) is 2.23. The van der Waals surface area contributed by atoms with Crippen molar-refractivity contribution in [3.8, 4) is 0 Å². The second-order valence-electron chi connectivity index (χ2n) is 3.64. The van der Waals surface area contributed by atoms with Crippen LogP contribution in [0.5, 0.6) is 0 Å². The molecule has 1 heterocycles. The summed E-state index contributed by atoms with van der Waals surface area (Å²) in [4.78, 5) is 11.6. The van der Waals surface area contributed by atoms with Crippen molar-refractivity contribution in [3.05, 3.63) is 30.3 Å². The fraction of sp³-hybridized carbons (Fsp3) is 0.300. The predicted octanol–water partition coefficient (Wildman–Crippen LogP) is -0.289. The zero-order valence-corrected chi connectivity index (χ0v) is 9.33. The van der Waals surface area contributed by atoms with Crippen LogP contribution in [0.4, 0.5) is 0 Å². The van der Waals surface area contributed by atoms with Gasteiger partial charge in [-0.05, 0) is 12.1 Å². The third-order valence-corrected chi connectivity index (χ3v) is 3.80. The highest BCUT2D eigenvalue weighted by Crippen LogP contribution is 2.09. The molecule has 2 N–H and O–H groups in total. The van der Waals surface area contributed by atoms with Gasteiger partial charge in [0.15, 0.2) is 0 Å². The molecule has 1 aromatic rings. The molecule has 0 atom stereocenters. The lowest BCUT2D eigenvalue weighted by Gasteiger charge is -2.25. The number of hydrogen-bond donors (Lipinski definition) is 2. The van der Waals surface area contributed by atoms with Crippen molar-refractivity contribution < 1.29 is 13.2 Å². The van der Waals surface area contributed by atoms with E-state index in [1.807, 2.05) is 0 Å². The minimum absolute atomic E-state index is 0.107. The maximum absolute atomic E-state index is 11.7. The van der Waals surface area contributed by atoms with Crippen molar-refractivity contribution >= 4 is 15.9 Å². The minimum Gasteiger partial charge on any atom is -0.315 e. The van der Waals surface area contributed by atoms with Gasteiger partial charge in [0.2, 0.25) is 5.91 Å². The molecule has 1 aliphatic heterocycles. The van der Waals surface area contributed by atoms with E-state index in [0.29, 0.717) is 13.1 Å². The number of amides is 1. The summed E-state index contributed by atoms with van der Waals surface area (Å²) in [6.07, 6.45) is 0. The zero-order chi connectivity index (χ0) is 11.6. The Morgan fingerprint density at radius 2 is 1.88 bits per heavy atom. The quantitative estimate of drug-likeness (QED) is 0.761. The van der Waals surface area contributed by atoms with Gasteiger partial charge < -0.3 is 5.32 Å². The van der Waals surface area contributed by atoms with Gasteiger partial charge in [-0.25, -0.2) is 13.1 Å². The van der Waals surface area contributed by atoms with E-state index in [2.05, 4.69) is 10.0 Å². The van der Waals surface area contributed by atoms with Crippen molar-refractivity contribution in [1.82, 2.24) is 10.0 Å². The Morgan fingerprint density at radius 3 is 2.38 bits per heavy atom. The van der Waals surface area contributed by atoms with Gasteiger partial charge in [0.25, 0.3) is 10.0 Å². The minimum atomic E-state index is -3.71. The highest BCUT2D eigenvalue weighted by molar-refractivity contribution is 7.90. The highest BCUT2D eigenvalue weighted by Gasteiger charge is 2.28. The lowest BCUT2D eigenvalue weighted by atomic mass is 10.0. The molecule has 5 nitrogen and oxygen atoms in total. The Labute approximate surface area is 93.9 Å². The maximum Gasteiger partial charge on any atom is 0.264 e. The average Bonchev–Trinajstić information content (AvgIpc) is 2.15. The molecule has 0 bridgehead atoms. The molecule has 86 valence electrons. The summed E-state index contributed by atoms with van der Waals surface area (Å²) in [5.74, 6) is -0.680. The molecule has 1 amide bonds. The van der Waals surface area contributed by atoms with E-state index in [0.717, 1.165) is 0 Å². The van der Waals surface area contributed by atoms with Gasteiger partial charge in [0.05, 0.1) is 10.8 Å². The van der Waals surface area contributed by atoms with E-state index in [1.165, 1.54) is 12.1 Å². The van der Waals surface area contributed by atoms with E-state index in [9.17, 15) is 13.2 Å². The molecule has 1 aromatic carbocycles. The van der Waals surface area contributed by atoms with Crippen LogP contribution in [0.25, 0.3) is 0 Å². The smallest absolute Gasteiger partial charge is 0.264 e. The zero-order valence-electron chi connectivity index (χ0n) is 8.51. The van der Waals surface area contributed by atoms with Gasteiger partial charge in [0.1, 0.15) is 0 Å². The molecule has 2 rings (SSSR count). The Hall–Kier alpha value is -1.40. The number of carbonyl (C=O) groups is 1. The van der Waals surface area contributed by atoms with Gasteiger partial charge in [-0.2, -0.15) is 0 Å². The Bertz CT molecular complexity index is 480. The Balaban J connectivity index is 2.11. The van der Waals surface area contributed by atoms with Gasteiger partial charge >= 0.3 is 0 Å². The number of sulfonamides is 1. The lowest BCUT2D eigenvalue weighted by molar-refractivity contribution is -0.124. The van der Waals surface area contributed by atoms with E-state index in [-0.39, 0.29) is 10.8 Å². The first-order chi connectivity index (χ1) is 7.59. The van der Waals surface area contributed by atoms with Gasteiger partial charge in [0, 0.05) is 13.1 Å². The summed E-state index contributed by atoms with van der Waals surface area (Å²) < 4.78 is 25.5. The number of benzene rings is 1. The molecule has 0 unspecified atom stereocenters. The summed E-state index contributed by atoms with van der Waals surface area (Å²) >= 11 is 0. The third-order valence-electron chi connectivity index (χ3n) is 2.44. The van der Waals surface area contributed by atoms with Crippen LogP contribution < -0.4 is 10.0 Å². The molecule has 0 spiro atoms. The van der Waals surface area contributed by atoms with Crippen LogP contribution in [0, 0.1) is 5.92 Å². The average molecular weight is 240 g/mol. The first-order valence-electron chi connectivity index (χ1n) is 4.92. The van der Waals surface area contributed by atoms with Crippen LogP contribution in [0.2, 0.25) is 0 Å². The first-order valence-corrected chi connectivity index (χ1v) is 6.40. The van der Waals surface area contributed by atoms with E-state index in [1.54, 1.807) is 18.2 Å². The number of hydrogen-bond acceptors (Lipinski definition) is 4.